The molecule has 1 N–H and O–H groups in total. The Labute approximate surface area is 145 Å². The number of hydrogen-bond acceptors (Lipinski definition) is 4. The Bertz CT molecular complexity index is 827. The molecule has 1 aliphatic heterocycles. The van der Waals surface area contributed by atoms with Gasteiger partial charge in [-0.25, -0.2) is 0 Å². The number of aryl methyl sites for hydroxylation is 1. The largest absolute Gasteiger partial charge is 0.312 e. The Hall–Kier alpha value is -2.08. The van der Waals surface area contributed by atoms with E-state index in [2.05, 4.69) is 29.4 Å². The van der Waals surface area contributed by atoms with Gasteiger partial charge in [0.15, 0.2) is 5.16 Å². The second-order valence-corrected chi connectivity index (χ2v) is 7.09. The summed E-state index contributed by atoms with van der Waals surface area (Å²) < 4.78 is 1.81. The number of nitrogens with zero attached hydrogens (tertiary/aromatic N) is 2. The molecule has 24 heavy (non-hydrogen) atoms. The Morgan fingerprint density at radius 1 is 1.25 bits per heavy atom. The SMILES string of the molecule is CCSc1nc(=O)c2c(n1C)NC(=O)C[C@@H]2c1ccc(CC)cc1. The first kappa shape index (κ1) is 16.8. The fourth-order valence-electron chi connectivity index (χ4n) is 3.06. The summed E-state index contributed by atoms with van der Waals surface area (Å²) >= 11 is 1.49. The average Bonchev–Trinajstić information content (AvgIpc) is 2.59. The van der Waals surface area contributed by atoms with Crippen molar-refractivity contribution in [2.24, 2.45) is 7.05 Å². The summed E-state index contributed by atoms with van der Waals surface area (Å²) in [7, 11) is 1.84. The molecule has 0 fully saturated rings. The zero-order chi connectivity index (χ0) is 17.3. The van der Waals surface area contributed by atoms with Crippen molar-refractivity contribution in [2.75, 3.05) is 11.1 Å². The number of thioether (sulfide) groups is 1. The first-order chi connectivity index (χ1) is 11.5. The summed E-state index contributed by atoms with van der Waals surface area (Å²) in [6.07, 6.45) is 1.23. The predicted molar refractivity (Wildman–Crippen MR) is 96.8 cm³/mol. The zero-order valence-electron chi connectivity index (χ0n) is 14.1. The van der Waals surface area contributed by atoms with Crippen molar-refractivity contribution in [2.45, 2.75) is 37.8 Å². The Morgan fingerprint density at radius 2 is 1.96 bits per heavy atom. The second-order valence-electron chi connectivity index (χ2n) is 5.85. The van der Waals surface area contributed by atoms with Crippen LogP contribution in [0.15, 0.2) is 34.2 Å². The molecular formula is C18H21N3O2S. The molecule has 126 valence electrons. The van der Waals surface area contributed by atoms with E-state index in [1.54, 1.807) is 0 Å². The van der Waals surface area contributed by atoms with E-state index in [1.807, 2.05) is 30.7 Å². The van der Waals surface area contributed by atoms with Crippen molar-refractivity contribution in [1.29, 1.82) is 0 Å². The van der Waals surface area contributed by atoms with Gasteiger partial charge in [0.25, 0.3) is 5.56 Å². The minimum atomic E-state index is -0.247. The highest BCUT2D eigenvalue weighted by atomic mass is 32.2. The minimum Gasteiger partial charge on any atom is -0.312 e. The van der Waals surface area contributed by atoms with Gasteiger partial charge in [-0.2, -0.15) is 4.98 Å². The molecule has 1 aromatic carbocycles. The molecule has 0 spiro atoms. The molecule has 1 atom stereocenters. The summed E-state index contributed by atoms with van der Waals surface area (Å²) in [5.74, 6) is 1.08. The maximum Gasteiger partial charge on any atom is 0.279 e. The molecule has 1 aliphatic rings. The molecule has 0 bridgehead atoms. The Balaban J connectivity index is 2.13. The molecule has 2 heterocycles. The number of hydrogen-bond donors (Lipinski definition) is 1. The van der Waals surface area contributed by atoms with Crippen molar-refractivity contribution in [3.8, 4) is 0 Å². The van der Waals surface area contributed by atoms with Crippen LogP contribution >= 0.6 is 11.8 Å². The van der Waals surface area contributed by atoms with Gasteiger partial charge in [-0.15, -0.1) is 0 Å². The zero-order valence-corrected chi connectivity index (χ0v) is 14.9. The summed E-state index contributed by atoms with van der Waals surface area (Å²) in [5.41, 5.74) is 2.56. The molecule has 3 rings (SSSR count). The van der Waals surface area contributed by atoms with Crippen LogP contribution in [0, 0.1) is 0 Å². The quantitative estimate of drug-likeness (QED) is 0.685. The number of amides is 1. The normalized spacial score (nSPS) is 16.6. The van der Waals surface area contributed by atoms with Crippen LogP contribution in [-0.2, 0) is 18.3 Å². The number of anilines is 1. The number of carbonyl (C=O) groups is 1. The first-order valence-corrected chi connectivity index (χ1v) is 9.16. The van der Waals surface area contributed by atoms with Gasteiger partial charge in [0, 0.05) is 19.4 Å². The molecule has 6 heteroatoms. The highest BCUT2D eigenvalue weighted by molar-refractivity contribution is 7.99. The van der Waals surface area contributed by atoms with E-state index in [0.29, 0.717) is 16.5 Å². The lowest BCUT2D eigenvalue weighted by atomic mass is 9.86. The van der Waals surface area contributed by atoms with E-state index in [1.165, 1.54) is 17.3 Å². The van der Waals surface area contributed by atoms with E-state index in [0.717, 1.165) is 17.7 Å². The molecule has 0 radical (unpaired) electrons. The smallest absolute Gasteiger partial charge is 0.279 e. The summed E-state index contributed by atoms with van der Waals surface area (Å²) in [6.45, 7) is 4.11. The van der Waals surface area contributed by atoms with Crippen LogP contribution in [0.4, 0.5) is 5.82 Å². The highest BCUT2D eigenvalue weighted by Crippen LogP contribution is 2.35. The van der Waals surface area contributed by atoms with Crippen molar-refractivity contribution in [1.82, 2.24) is 9.55 Å². The maximum atomic E-state index is 12.6. The van der Waals surface area contributed by atoms with Crippen LogP contribution in [0.5, 0.6) is 0 Å². The van der Waals surface area contributed by atoms with Gasteiger partial charge in [-0.3, -0.25) is 9.59 Å². The summed E-state index contributed by atoms with van der Waals surface area (Å²) in [4.78, 5) is 29.1. The lowest BCUT2D eigenvalue weighted by Crippen LogP contribution is -2.33. The molecule has 0 aliphatic carbocycles. The third-order valence-electron chi connectivity index (χ3n) is 4.36. The number of fused-ring (bicyclic) bond motifs is 1. The minimum absolute atomic E-state index is 0.0688. The predicted octanol–water partition coefficient (Wildman–Crippen LogP) is 2.93. The van der Waals surface area contributed by atoms with Crippen LogP contribution in [0.3, 0.4) is 0 Å². The van der Waals surface area contributed by atoms with Crippen molar-refractivity contribution in [3.63, 3.8) is 0 Å². The van der Waals surface area contributed by atoms with E-state index in [9.17, 15) is 9.59 Å². The fourth-order valence-corrected chi connectivity index (χ4v) is 3.75. The van der Waals surface area contributed by atoms with E-state index in [4.69, 9.17) is 0 Å². The first-order valence-electron chi connectivity index (χ1n) is 8.17. The van der Waals surface area contributed by atoms with Gasteiger partial charge in [-0.05, 0) is 23.3 Å². The Morgan fingerprint density at radius 3 is 2.58 bits per heavy atom. The van der Waals surface area contributed by atoms with Crippen molar-refractivity contribution < 1.29 is 4.79 Å². The molecule has 2 aromatic rings. The third kappa shape index (κ3) is 2.98. The van der Waals surface area contributed by atoms with Crippen LogP contribution in [-0.4, -0.2) is 21.2 Å². The molecular weight excluding hydrogens is 322 g/mol. The highest BCUT2D eigenvalue weighted by Gasteiger charge is 2.31. The maximum absolute atomic E-state index is 12.6. The Kier molecular flexibility index (Phi) is 4.76. The van der Waals surface area contributed by atoms with Gasteiger partial charge in [0.05, 0.1) is 5.56 Å². The lowest BCUT2D eigenvalue weighted by Gasteiger charge is -2.27. The molecule has 1 aromatic heterocycles. The molecule has 0 unspecified atom stereocenters. The van der Waals surface area contributed by atoms with Gasteiger partial charge >= 0.3 is 0 Å². The molecule has 5 nitrogen and oxygen atoms in total. The van der Waals surface area contributed by atoms with Gasteiger partial charge in [0.2, 0.25) is 5.91 Å². The van der Waals surface area contributed by atoms with Crippen LogP contribution in [0.2, 0.25) is 0 Å². The van der Waals surface area contributed by atoms with Crippen LogP contribution in [0.1, 0.15) is 42.9 Å². The molecule has 0 saturated carbocycles. The van der Waals surface area contributed by atoms with E-state index >= 15 is 0 Å². The van der Waals surface area contributed by atoms with Crippen molar-refractivity contribution >= 4 is 23.5 Å². The van der Waals surface area contributed by atoms with Crippen molar-refractivity contribution in [3.05, 3.63) is 51.3 Å². The van der Waals surface area contributed by atoms with Gasteiger partial charge in [0.1, 0.15) is 5.82 Å². The second kappa shape index (κ2) is 6.81. The lowest BCUT2D eigenvalue weighted by molar-refractivity contribution is -0.116. The van der Waals surface area contributed by atoms with E-state index < -0.39 is 0 Å². The fraction of sp³-hybridized carbons (Fsp3) is 0.389. The number of carbonyl (C=O) groups excluding carboxylic acids is 1. The third-order valence-corrected chi connectivity index (χ3v) is 5.28. The number of nitrogens with one attached hydrogen (secondary N) is 1. The number of aromatic nitrogens is 2. The average molecular weight is 343 g/mol. The van der Waals surface area contributed by atoms with Gasteiger partial charge in [-0.1, -0.05) is 49.9 Å². The number of rotatable bonds is 4. The van der Waals surface area contributed by atoms with Crippen LogP contribution < -0.4 is 10.9 Å². The monoisotopic (exact) mass is 343 g/mol. The molecule has 0 saturated heterocycles. The summed E-state index contributed by atoms with van der Waals surface area (Å²) in [6, 6.07) is 8.14. The summed E-state index contributed by atoms with van der Waals surface area (Å²) in [5, 5.41) is 3.49. The van der Waals surface area contributed by atoms with E-state index in [-0.39, 0.29) is 23.8 Å². The number of benzene rings is 1. The van der Waals surface area contributed by atoms with Crippen LogP contribution in [0.25, 0.3) is 0 Å². The molecule has 1 amide bonds. The van der Waals surface area contributed by atoms with Gasteiger partial charge < -0.3 is 9.88 Å². The standard InChI is InChI=1S/C18H21N3O2S/c1-4-11-6-8-12(9-7-11)13-10-14(22)19-16-15(13)17(23)20-18(21(16)3)24-5-2/h6-9,13H,4-5,10H2,1-3H3,(H,19,22)/t13-/m1/s1. The topological polar surface area (TPSA) is 64.0 Å².